The Labute approximate surface area is 130 Å². The lowest BCUT2D eigenvalue weighted by Gasteiger charge is -2.17. The van der Waals surface area contributed by atoms with E-state index in [0.717, 1.165) is 5.56 Å². The van der Waals surface area contributed by atoms with Crippen molar-refractivity contribution in [3.8, 4) is 0 Å². The molecule has 2 rings (SSSR count). The van der Waals surface area contributed by atoms with E-state index in [1.54, 1.807) is 18.2 Å². The predicted molar refractivity (Wildman–Crippen MR) is 79.7 cm³/mol. The molecule has 0 saturated heterocycles. The van der Waals surface area contributed by atoms with E-state index in [1.807, 2.05) is 6.92 Å². The number of carbonyl (C=O) groups is 1. The molecule has 0 saturated carbocycles. The third kappa shape index (κ3) is 3.51. The van der Waals surface area contributed by atoms with Crippen molar-refractivity contribution in [3.63, 3.8) is 0 Å². The molecule has 0 amide bonds. The molecule has 4 nitrogen and oxygen atoms in total. The van der Waals surface area contributed by atoms with Gasteiger partial charge in [0.25, 0.3) is 0 Å². The number of ether oxygens (including phenoxy) is 1. The number of nitrogens with one attached hydrogen (secondary N) is 1. The number of hydrogen-bond acceptors (Lipinski definition) is 4. The minimum atomic E-state index is -0.533. The van der Waals surface area contributed by atoms with Crippen LogP contribution in [0.3, 0.4) is 0 Å². The molecule has 1 heterocycles. The first-order valence-electron chi connectivity index (χ1n) is 6.43. The summed E-state index contributed by atoms with van der Waals surface area (Å²) in [6.45, 7) is 2.64. The number of furan rings is 1. The van der Waals surface area contributed by atoms with E-state index in [0.29, 0.717) is 16.8 Å². The lowest BCUT2D eigenvalue weighted by atomic mass is 10.0. The maximum absolute atomic E-state index is 13.2. The van der Waals surface area contributed by atoms with Gasteiger partial charge in [0.2, 0.25) is 5.76 Å². The summed E-state index contributed by atoms with van der Waals surface area (Å²) in [6, 6.07) is 7.42. The Morgan fingerprint density at radius 1 is 1.43 bits per heavy atom. The Hall–Kier alpha value is -1.66. The van der Waals surface area contributed by atoms with Crippen LogP contribution in [0.15, 0.2) is 39.2 Å². The van der Waals surface area contributed by atoms with Crippen LogP contribution in [-0.4, -0.2) is 19.6 Å². The van der Waals surface area contributed by atoms with Crippen molar-refractivity contribution < 1.29 is 18.3 Å². The summed E-state index contributed by atoms with van der Waals surface area (Å²) in [4.78, 5) is 11.5. The van der Waals surface area contributed by atoms with E-state index in [4.69, 9.17) is 4.42 Å². The van der Waals surface area contributed by atoms with Gasteiger partial charge in [-0.15, -0.1) is 0 Å². The Morgan fingerprint density at radius 3 is 2.81 bits per heavy atom. The van der Waals surface area contributed by atoms with Crippen molar-refractivity contribution in [1.82, 2.24) is 5.32 Å². The minimum Gasteiger partial charge on any atom is -0.463 e. The molecule has 0 fully saturated rings. The number of halogens is 2. The second kappa shape index (κ2) is 6.87. The van der Waals surface area contributed by atoms with Crippen LogP contribution >= 0.6 is 15.9 Å². The minimum absolute atomic E-state index is 0.133. The van der Waals surface area contributed by atoms with Crippen molar-refractivity contribution in [2.24, 2.45) is 0 Å². The molecule has 0 aliphatic heterocycles. The first-order chi connectivity index (χ1) is 10.1. The molecule has 21 heavy (non-hydrogen) atoms. The van der Waals surface area contributed by atoms with E-state index in [9.17, 15) is 9.18 Å². The van der Waals surface area contributed by atoms with Crippen molar-refractivity contribution in [2.75, 3.05) is 13.7 Å². The third-order valence-electron chi connectivity index (χ3n) is 2.98. The van der Waals surface area contributed by atoms with Gasteiger partial charge in [0.15, 0.2) is 0 Å². The lowest BCUT2D eigenvalue weighted by molar-refractivity contribution is 0.0562. The molecule has 1 aromatic heterocycles. The fourth-order valence-electron chi connectivity index (χ4n) is 2.02. The predicted octanol–water partition coefficient (Wildman–Crippen LogP) is 3.67. The van der Waals surface area contributed by atoms with E-state index in [1.165, 1.54) is 19.2 Å². The molecule has 0 radical (unpaired) electrons. The van der Waals surface area contributed by atoms with E-state index >= 15 is 0 Å². The Kier molecular flexibility index (Phi) is 5.14. The maximum atomic E-state index is 13.2. The van der Waals surface area contributed by atoms with Crippen molar-refractivity contribution in [2.45, 2.75) is 13.0 Å². The molecule has 0 aliphatic rings. The Morgan fingerprint density at radius 2 is 2.19 bits per heavy atom. The van der Waals surface area contributed by atoms with Crippen molar-refractivity contribution in [3.05, 3.63) is 57.7 Å². The van der Waals surface area contributed by atoms with Gasteiger partial charge in [-0.3, -0.25) is 0 Å². The molecule has 1 atom stereocenters. The van der Waals surface area contributed by atoms with Crippen LogP contribution in [0.2, 0.25) is 0 Å². The van der Waals surface area contributed by atoms with Crippen molar-refractivity contribution >= 4 is 21.9 Å². The monoisotopic (exact) mass is 355 g/mol. The van der Waals surface area contributed by atoms with Gasteiger partial charge in [0.1, 0.15) is 11.6 Å². The van der Waals surface area contributed by atoms with Gasteiger partial charge in [-0.25, -0.2) is 9.18 Å². The first kappa shape index (κ1) is 15.7. The SMILES string of the molecule is CCNC(c1ccc(C(=O)OC)o1)c1ccc(F)cc1Br. The fraction of sp³-hybridized carbons (Fsp3) is 0.267. The van der Waals surface area contributed by atoms with Crippen LogP contribution in [-0.2, 0) is 4.74 Å². The normalized spacial score (nSPS) is 12.2. The number of carbonyl (C=O) groups excluding carboxylic acids is 1. The topological polar surface area (TPSA) is 51.5 Å². The molecule has 1 N–H and O–H groups in total. The second-order valence-corrected chi connectivity index (χ2v) is 5.20. The van der Waals surface area contributed by atoms with Crippen LogP contribution in [0, 0.1) is 5.82 Å². The van der Waals surface area contributed by atoms with Gasteiger partial charge in [-0.2, -0.15) is 0 Å². The smallest absolute Gasteiger partial charge is 0.373 e. The molecule has 2 aromatic rings. The number of benzene rings is 1. The molecule has 1 aromatic carbocycles. The molecule has 6 heteroatoms. The van der Waals surface area contributed by atoms with Crippen LogP contribution in [0.4, 0.5) is 4.39 Å². The highest BCUT2D eigenvalue weighted by Gasteiger charge is 2.21. The number of hydrogen-bond donors (Lipinski definition) is 1. The van der Waals surface area contributed by atoms with Crippen LogP contribution in [0.1, 0.15) is 34.8 Å². The molecule has 0 bridgehead atoms. The van der Waals surface area contributed by atoms with Crippen LogP contribution in [0.25, 0.3) is 0 Å². The summed E-state index contributed by atoms with van der Waals surface area (Å²) in [5, 5.41) is 3.25. The highest BCUT2D eigenvalue weighted by molar-refractivity contribution is 9.10. The first-order valence-corrected chi connectivity index (χ1v) is 7.22. The zero-order valence-electron chi connectivity index (χ0n) is 11.7. The summed E-state index contributed by atoms with van der Waals surface area (Å²) in [6.07, 6.45) is 0. The summed E-state index contributed by atoms with van der Waals surface area (Å²) in [7, 11) is 1.29. The van der Waals surface area contributed by atoms with E-state index in [-0.39, 0.29) is 17.6 Å². The highest BCUT2D eigenvalue weighted by Crippen LogP contribution is 2.30. The molecular formula is C15H15BrFNO3. The zero-order valence-corrected chi connectivity index (χ0v) is 13.2. The van der Waals surface area contributed by atoms with E-state index < -0.39 is 5.97 Å². The van der Waals surface area contributed by atoms with Gasteiger partial charge < -0.3 is 14.5 Å². The molecular weight excluding hydrogens is 341 g/mol. The lowest BCUT2D eigenvalue weighted by Crippen LogP contribution is -2.22. The highest BCUT2D eigenvalue weighted by atomic mass is 79.9. The van der Waals surface area contributed by atoms with Gasteiger partial charge in [0.05, 0.1) is 13.2 Å². The molecule has 0 aliphatic carbocycles. The number of esters is 1. The molecule has 0 spiro atoms. The van der Waals surface area contributed by atoms with Crippen LogP contribution in [0.5, 0.6) is 0 Å². The maximum Gasteiger partial charge on any atom is 0.373 e. The van der Waals surface area contributed by atoms with Crippen molar-refractivity contribution in [1.29, 1.82) is 0 Å². The molecule has 1 unspecified atom stereocenters. The standard InChI is InChI=1S/C15H15BrFNO3/c1-3-18-14(10-5-4-9(17)8-11(10)16)12-6-7-13(21-12)15(19)20-2/h4-8,14,18H,3H2,1-2H3. The number of rotatable bonds is 5. The second-order valence-electron chi connectivity index (χ2n) is 4.35. The Bertz CT molecular complexity index is 642. The number of methoxy groups -OCH3 is 1. The third-order valence-corrected chi connectivity index (χ3v) is 3.67. The van der Waals surface area contributed by atoms with Gasteiger partial charge in [-0.1, -0.05) is 28.9 Å². The average Bonchev–Trinajstić information content (AvgIpc) is 2.94. The van der Waals surface area contributed by atoms with Gasteiger partial charge in [0, 0.05) is 4.47 Å². The largest absolute Gasteiger partial charge is 0.463 e. The zero-order chi connectivity index (χ0) is 15.4. The summed E-state index contributed by atoms with van der Waals surface area (Å²) in [5.74, 6) is -0.163. The summed E-state index contributed by atoms with van der Waals surface area (Å²) in [5.41, 5.74) is 0.823. The van der Waals surface area contributed by atoms with E-state index in [2.05, 4.69) is 26.0 Å². The average molecular weight is 356 g/mol. The summed E-state index contributed by atoms with van der Waals surface area (Å²) >= 11 is 3.35. The van der Waals surface area contributed by atoms with Gasteiger partial charge >= 0.3 is 5.97 Å². The Balaban J connectivity index is 2.38. The van der Waals surface area contributed by atoms with Gasteiger partial charge in [-0.05, 0) is 36.4 Å². The molecule has 112 valence electrons. The summed E-state index contributed by atoms with van der Waals surface area (Å²) < 4.78 is 24.0. The van der Waals surface area contributed by atoms with Crippen LogP contribution < -0.4 is 5.32 Å². The quantitative estimate of drug-likeness (QED) is 0.831. The fourth-order valence-corrected chi connectivity index (χ4v) is 2.60.